The van der Waals surface area contributed by atoms with E-state index >= 15 is 0 Å². The predicted octanol–water partition coefficient (Wildman–Crippen LogP) is 2.38. The lowest BCUT2D eigenvalue weighted by Gasteiger charge is -2.16. The summed E-state index contributed by atoms with van der Waals surface area (Å²) in [5.74, 6) is -1.54. The molecule has 1 unspecified atom stereocenters. The number of benzene rings is 1. The minimum Gasteiger partial charge on any atom is -0.481 e. The van der Waals surface area contributed by atoms with Gasteiger partial charge in [-0.1, -0.05) is 29.8 Å². The van der Waals surface area contributed by atoms with Crippen molar-refractivity contribution in [2.45, 2.75) is 6.42 Å². The van der Waals surface area contributed by atoms with Crippen LogP contribution in [0.1, 0.15) is 16.9 Å². The molecule has 2 aromatic rings. The largest absolute Gasteiger partial charge is 0.481 e. The minimum absolute atomic E-state index is 0.206. The molecule has 1 atom stereocenters. The van der Waals surface area contributed by atoms with Crippen molar-refractivity contribution in [2.75, 3.05) is 13.1 Å². The van der Waals surface area contributed by atoms with Gasteiger partial charge in [0.2, 0.25) is 0 Å². The second kappa shape index (κ2) is 5.07. The Morgan fingerprint density at radius 1 is 1.33 bits per heavy atom. The highest BCUT2D eigenvalue weighted by Gasteiger charge is 2.33. The van der Waals surface area contributed by atoms with E-state index in [-0.39, 0.29) is 12.5 Å². The Bertz CT molecular complexity index is 699. The molecule has 3 rings (SSSR count). The third-order valence-corrected chi connectivity index (χ3v) is 4.46. The van der Waals surface area contributed by atoms with Gasteiger partial charge in [-0.05, 0) is 12.5 Å². The Kier molecular flexibility index (Phi) is 3.37. The van der Waals surface area contributed by atoms with Crippen LogP contribution in [-0.4, -0.2) is 39.5 Å². The molecule has 6 heteroatoms. The standard InChI is InChI=1S/C15H15ClN2O3/c1-17-11-5-3-2-4-10(11)12(16)13(17)14(19)18-7-6-9(8-18)15(20)21/h2-5,9H,6-8H2,1H3,(H,20,21). The van der Waals surface area contributed by atoms with Crippen LogP contribution in [0.4, 0.5) is 0 Å². The predicted molar refractivity (Wildman–Crippen MR) is 79.6 cm³/mol. The lowest BCUT2D eigenvalue weighted by Crippen LogP contribution is -2.31. The normalized spacial score (nSPS) is 18.4. The summed E-state index contributed by atoms with van der Waals surface area (Å²) in [7, 11) is 1.80. The summed E-state index contributed by atoms with van der Waals surface area (Å²) >= 11 is 6.35. The zero-order valence-corrected chi connectivity index (χ0v) is 12.3. The molecule has 0 radical (unpaired) electrons. The summed E-state index contributed by atoms with van der Waals surface area (Å²) in [6.07, 6.45) is 0.489. The summed E-state index contributed by atoms with van der Waals surface area (Å²) in [5.41, 5.74) is 1.31. The van der Waals surface area contributed by atoms with Crippen LogP contribution in [0.25, 0.3) is 10.9 Å². The quantitative estimate of drug-likeness (QED) is 0.926. The lowest BCUT2D eigenvalue weighted by molar-refractivity contribution is -0.141. The van der Waals surface area contributed by atoms with Gasteiger partial charge >= 0.3 is 5.97 Å². The third-order valence-electron chi connectivity index (χ3n) is 4.07. The molecule has 5 nitrogen and oxygen atoms in total. The Hall–Kier alpha value is -2.01. The zero-order valence-electron chi connectivity index (χ0n) is 11.5. The van der Waals surface area contributed by atoms with Gasteiger partial charge in [0.25, 0.3) is 5.91 Å². The highest BCUT2D eigenvalue weighted by atomic mass is 35.5. The number of fused-ring (bicyclic) bond motifs is 1. The molecular formula is C15H15ClN2O3. The lowest BCUT2D eigenvalue weighted by atomic mass is 10.1. The maximum atomic E-state index is 12.7. The second-order valence-corrected chi connectivity index (χ2v) is 5.69. The van der Waals surface area contributed by atoms with Crippen molar-refractivity contribution in [3.63, 3.8) is 0 Å². The SMILES string of the molecule is Cn1c(C(=O)N2CCC(C(=O)O)C2)c(Cl)c2ccccc21. The number of hydrogen-bond donors (Lipinski definition) is 1. The van der Waals surface area contributed by atoms with E-state index in [1.165, 1.54) is 0 Å². The molecule has 1 aliphatic heterocycles. The van der Waals surface area contributed by atoms with E-state index in [9.17, 15) is 9.59 Å². The maximum absolute atomic E-state index is 12.7. The molecular weight excluding hydrogens is 292 g/mol. The van der Waals surface area contributed by atoms with Crippen molar-refractivity contribution in [3.05, 3.63) is 35.0 Å². The highest BCUT2D eigenvalue weighted by molar-refractivity contribution is 6.38. The van der Waals surface area contributed by atoms with Gasteiger partial charge in [0.15, 0.2) is 0 Å². The Morgan fingerprint density at radius 2 is 2.05 bits per heavy atom. The van der Waals surface area contributed by atoms with Crippen LogP contribution >= 0.6 is 11.6 Å². The van der Waals surface area contributed by atoms with Gasteiger partial charge in [-0.15, -0.1) is 0 Å². The number of aromatic nitrogens is 1. The van der Waals surface area contributed by atoms with Crippen molar-refractivity contribution in [1.82, 2.24) is 9.47 Å². The van der Waals surface area contributed by atoms with E-state index in [1.807, 2.05) is 24.3 Å². The number of amides is 1. The molecule has 1 saturated heterocycles. The minimum atomic E-state index is -0.853. The first kappa shape index (κ1) is 13.9. The number of likely N-dealkylation sites (tertiary alicyclic amines) is 1. The fraction of sp³-hybridized carbons (Fsp3) is 0.333. The number of nitrogens with zero attached hydrogens (tertiary/aromatic N) is 2. The average Bonchev–Trinajstić information content (AvgIpc) is 3.05. The van der Waals surface area contributed by atoms with E-state index in [4.69, 9.17) is 16.7 Å². The molecule has 0 bridgehead atoms. The van der Waals surface area contributed by atoms with Crippen LogP contribution in [0.5, 0.6) is 0 Å². The van der Waals surface area contributed by atoms with Gasteiger partial charge in [-0.2, -0.15) is 0 Å². The van der Waals surface area contributed by atoms with Crippen molar-refractivity contribution in [3.8, 4) is 0 Å². The van der Waals surface area contributed by atoms with Gasteiger partial charge in [0.05, 0.1) is 10.9 Å². The summed E-state index contributed by atoms with van der Waals surface area (Å²) in [4.78, 5) is 25.2. The van der Waals surface area contributed by atoms with E-state index in [0.29, 0.717) is 23.7 Å². The Balaban J connectivity index is 1.98. The number of aryl methyl sites for hydroxylation is 1. The number of carbonyl (C=O) groups is 2. The van der Waals surface area contributed by atoms with Gasteiger partial charge in [0, 0.05) is 31.0 Å². The number of carbonyl (C=O) groups excluding carboxylic acids is 1. The first-order valence-electron chi connectivity index (χ1n) is 6.75. The molecule has 21 heavy (non-hydrogen) atoms. The molecule has 110 valence electrons. The molecule has 1 aromatic carbocycles. The van der Waals surface area contributed by atoms with Gasteiger partial charge < -0.3 is 14.6 Å². The van der Waals surface area contributed by atoms with Gasteiger partial charge in [-0.25, -0.2) is 0 Å². The first-order chi connectivity index (χ1) is 10.0. The molecule has 1 aromatic heterocycles. The number of halogens is 1. The maximum Gasteiger partial charge on any atom is 0.308 e. The molecule has 1 fully saturated rings. The van der Waals surface area contributed by atoms with Crippen molar-refractivity contribution in [2.24, 2.45) is 13.0 Å². The number of aliphatic carboxylic acids is 1. The topological polar surface area (TPSA) is 62.5 Å². The molecule has 0 saturated carbocycles. The summed E-state index contributed by atoms with van der Waals surface area (Å²) in [6.45, 7) is 0.694. The summed E-state index contributed by atoms with van der Waals surface area (Å²) < 4.78 is 1.77. The van der Waals surface area contributed by atoms with E-state index in [1.54, 1.807) is 16.5 Å². The molecule has 1 amide bonds. The van der Waals surface area contributed by atoms with E-state index in [2.05, 4.69) is 0 Å². The zero-order chi connectivity index (χ0) is 15.1. The summed E-state index contributed by atoms with van der Waals surface area (Å²) in [5, 5.41) is 10.3. The number of carboxylic acid groups (broad SMARTS) is 1. The summed E-state index contributed by atoms with van der Waals surface area (Å²) in [6, 6.07) is 7.54. The average molecular weight is 307 g/mol. The molecule has 2 heterocycles. The Morgan fingerprint density at radius 3 is 2.67 bits per heavy atom. The van der Waals surface area contributed by atoms with Crippen LogP contribution in [0.3, 0.4) is 0 Å². The van der Waals surface area contributed by atoms with Crippen LogP contribution in [0.2, 0.25) is 5.02 Å². The fourth-order valence-corrected chi connectivity index (χ4v) is 3.25. The molecule has 0 aliphatic carbocycles. The van der Waals surface area contributed by atoms with E-state index < -0.39 is 11.9 Å². The number of rotatable bonds is 2. The van der Waals surface area contributed by atoms with Gasteiger partial charge in [0.1, 0.15) is 5.69 Å². The molecule has 1 aliphatic rings. The first-order valence-corrected chi connectivity index (χ1v) is 7.13. The number of carboxylic acids is 1. The smallest absolute Gasteiger partial charge is 0.308 e. The molecule has 0 spiro atoms. The monoisotopic (exact) mass is 306 g/mol. The highest BCUT2D eigenvalue weighted by Crippen LogP contribution is 2.31. The Labute approximate surface area is 126 Å². The third kappa shape index (κ3) is 2.17. The molecule has 1 N–H and O–H groups in total. The fourth-order valence-electron chi connectivity index (χ4n) is 2.88. The second-order valence-electron chi connectivity index (χ2n) is 5.31. The number of para-hydroxylation sites is 1. The van der Waals surface area contributed by atoms with Crippen molar-refractivity contribution >= 4 is 34.4 Å². The van der Waals surface area contributed by atoms with Crippen LogP contribution in [-0.2, 0) is 11.8 Å². The van der Waals surface area contributed by atoms with Crippen LogP contribution < -0.4 is 0 Å². The van der Waals surface area contributed by atoms with Crippen molar-refractivity contribution in [1.29, 1.82) is 0 Å². The van der Waals surface area contributed by atoms with Crippen LogP contribution in [0.15, 0.2) is 24.3 Å². The van der Waals surface area contributed by atoms with Crippen LogP contribution in [0, 0.1) is 5.92 Å². The number of hydrogen-bond acceptors (Lipinski definition) is 2. The van der Waals surface area contributed by atoms with E-state index in [0.717, 1.165) is 10.9 Å². The van der Waals surface area contributed by atoms with Gasteiger partial charge in [-0.3, -0.25) is 9.59 Å². The van der Waals surface area contributed by atoms with Crippen molar-refractivity contribution < 1.29 is 14.7 Å².